The molecule has 1 fully saturated rings. The van der Waals surface area contributed by atoms with Gasteiger partial charge in [0.2, 0.25) is 0 Å². The van der Waals surface area contributed by atoms with Gasteiger partial charge >= 0.3 is 7.82 Å². The van der Waals surface area contributed by atoms with Crippen molar-refractivity contribution in [1.82, 2.24) is 14.5 Å². The van der Waals surface area contributed by atoms with E-state index in [1.54, 1.807) is 24.4 Å². The number of nitrogens with zero attached hydrogens (tertiary/aromatic N) is 4. The summed E-state index contributed by atoms with van der Waals surface area (Å²) in [6.07, 6.45) is -2.06. The van der Waals surface area contributed by atoms with Gasteiger partial charge in [-0.25, -0.2) is 14.5 Å². The number of phosphoric ester groups is 1. The van der Waals surface area contributed by atoms with Crippen molar-refractivity contribution in [3.8, 4) is 17.2 Å². The van der Waals surface area contributed by atoms with Crippen molar-refractivity contribution < 1.29 is 33.8 Å². The van der Waals surface area contributed by atoms with E-state index in [9.17, 15) is 20.0 Å². The van der Waals surface area contributed by atoms with Crippen LogP contribution in [-0.2, 0) is 13.8 Å². The number of rotatable bonds is 4. The van der Waals surface area contributed by atoms with Gasteiger partial charge in [0.05, 0.1) is 23.6 Å². The van der Waals surface area contributed by atoms with E-state index in [2.05, 4.69) is 25.9 Å². The molecule has 2 aliphatic heterocycles. The molecule has 0 spiro atoms. The minimum atomic E-state index is -4.77. The van der Waals surface area contributed by atoms with Crippen LogP contribution >= 0.6 is 7.82 Å². The van der Waals surface area contributed by atoms with Crippen LogP contribution in [0, 0.1) is 11.3 Å². The first-order chi connectivity index (χ1) is 14.8. The summed E-state index contributed by atoms with van der Waals surface area (Å²) in [6.45, 7) is -0.605. The number of hydrogen-bond acceptors (Lipinski definition) is 9. The molecule has 4 atom stereocenters. The minimum absolute atomic E-state index is 0.426. The molecular weight excluding hydrogens is 429 g/mol. The van der Waals surface area contributed by atoms with Gasteiger partial charge in [-0.2, -0.15) is 5.26 Å². The fourth-order valence-electron chi connectivity index (χ4n) is 3.92. The van der Waals surface area contributed by atoms with E-state index < -0.39 is 39.0 Å². The average Bonchev–Trinajstić information content (AvgIpc) is 3.25. The van der Waals surface area contributed by atoms with Crippen LogP contribution in [0.2, 0.25) is 0 Å². The average molecular weight is 445 g/mol. The molecule has 12 nitrogen and oxygen atoms in total. The highest BCUT2D eigenvalue weighted by Gasteiger charge is 2.45. The summed E-state index contributed by atoms with van der Waals surface area (Å²) >= 11 is 0. The maximum Gasteiger partial charge on any atom is 0.469 e. The van der Waals surface area contributed by atoms with Gasteiger partial charge in [-0.1, -0.05) is 6.07 Å². The smallest absolute Gasteiger partial charge is 0.387 e. The van der Waals surface area contributed by atoms with Gasteiger partial charge in [-0.3, -0.25) is 4.52 Å². The predicted octanol–water partition coefficient (Wildman–Crippen LogP) is 0.755. The Kier molecular flexibility index (Phi) is 4.58. The standard InChI is InChI=1S/C18H16N5O7P/c19-4-8-1-2-9-10-5-23(17-13(10)16(20-7-21-17)22-11(9)3-8)18-15(25)14(24)12(30-18)6-29-31(26,27)28/h1-3,5,7,12,14-15,18,24-25H,6H2,(H,20,21,22)(H2,26,27,28)/t12-,14+,15+,18-/m1/s1. The van der Waals surface area contributed by atoms with Gasteiger partial charge in [0, 0.05) is 23.0 Å². The summed E-state index contributed by atoms with van der Waals surface area (Å²) in [4.78, 5) is 26.4. The second-order valence-corrected chi connectivity index (χ2v) is 8.44. The van der Waals surface area contributed by atoms with Crippen molar-refractivity contribution in [2.75, 3.05) is 11.9 Å². The van der Waals surface area contributed by atoms with E-state index in [1.165, 1.54) is 10.9 Å². The molecule has 13 heteroatoms. The number of aromatic nitrogens is 3. The zero-order chi connectivity index (χ0) is 21.9. The number of ether oxygens (including phenoxy) is 1. The molecule has 0 saturated carbocycles. The van der Waals surface area contributed by atoms with Gasteiger partial charge in [-0.15, -0.1) is 0 Å². The van der Waals surface area contributed by atoms with Crippen LogP contribution in [-0.4, -0.2) is 59.5 Å². The molecule has 160 valence electrons. The third kappa shape index (κ3) is 3.29. The Morgan fingerprint density at radius 1 is 1.26 bits per heavy atom. The molecule has 0 radical (unpaired) electrons. The summed E-state index contributed by atoms with van der Waals surface area (Å²) in [5, 5.41) is 33.9. The van der Waals surface area contributed by atoms with Crippen LogP contribution in [0.25, 0.3) is 22.2 Å². The fraction of sp³-hybridized carbons (Fsp3) is 0.278. The summed E-state index contributed by atoms with van der Waals surface area (Å²) in [5.74, 6) is 0.510. The van der Waals surface area contributed by atoms with E-state index in [0.717, 1.165) is 11.1 Å². The van der Waals surface area contributed by atoms with Crippen LogP contribution in [0.15, 0.2) is 30.7 Å². The van der Waals surface area contributed by atoms with E-state index in [-0.39, 0.29) is 0 Å². The second-order valence-electron chi connectivity index (χ2n) is 7.20. The van der Waals surface area contributed by atoms with E-state index >= 15 is 0 Å². The lowest BCUT2D eigenvalue weighted by Crippen LogP contribution is -2.33. The number of nitrogens with one attached hydrogen (secondary N) is 1. The fourth-order valence-corrected chi connectivity index (χ4v) is 4.27. The first-order valence-corrected chi connectivity index (χ1v) is 10.7. The summed E-state index contributed by atoms with van der Waals surface area (Å²) in [5.41, 5.74) is 3.12. The van der Waals surface area contributed by atoms with Crippen molar-refractivity contribution in [1.29, 1.82) is 5.26 Å². The van der Waals surface area contributed by atoms with Crippen LogP contribution in [0.4, 0.5) is 11.5 Å². The highest BCUT2D eigenvalue weighted by atomic mass is 31.2. The molecule has 0 aliphatic carbocycles. The second kappa shape index (κ2) is 7.08. The molecule has 1 saturated heterocycles. The van der Waals surface area contributed by atoms with E-state index in [1.807, 2.05) is 0 Å². The minimum Gasteiger partial charge on any atom is -0.387 e. The lowest BCUT2D eigenvalue weighted by Gasteiger charge is -2.18. The normalized spacial score (nSPS) is 24.6. The van der Waals surface area contributed by atoms with Crippen molar-refractivity contribution in [2.24, 2.45) is 0 Å². The molecular formula is C18H16N5O7P. The van der Waals surface area contributed by atoms with Crippen molar-refractivity contribution in [3.05, 3.63) is 36.3 Å². The number of aliphatic hydroxyl groups is 2. The lowest BCUT2D eigenvalue weighted by atomic mass is 9.99. The highest BCUT2D eigenvalue weighted by Crippen LogP contribution is 2.46. The number of anilines is 2. The largest absolute Gasteiger partial charge is 0.469 e. The van der Waals surface area contributed by atoms with Crippen LogP contribution in [0.5, 0.6) is 0 Å². The van der Waals surface area contributed by atoms with Crippen molar-refractivity contribution in [2.45, 2.75) is 24.5 Å². The maximum atomic E-state index is 11.0. The Bertz CT molecular complexity index is 1280. The third-order valence-electron chi connectivity index (χ3n) is 5.32. The number of nitriles is 1. The number of benzene rings is 1. The number of fused-ring (bicyclic) bond motifs is 2. The maximum absolute atomic E-state index is 11.0. The molecule has 4 heterocycles. The lowest BCUT2D eigenvalue weighted by molar-refractivity contribution is -0.0501. The summed E-state index contributed by atoms with van der Waals surface area (Å²) in [7, 11) is -4.77. The first kappa shape index (κ1) is 20.0. The Hall–Kier alpha value is -2.88. The summed E-state index contributed by atoms with van der Waals surface area (Å²) < 4.78 is 22.6. The SMILES string of the molecule is N#Cc1ccc2c(c1)Nc1ncnc3c1c-2cn3[C@@H]1O[C@H](COP(=O)(O)O)[C@H](O)[C@@H]1O. The van der Waals surface area contributed by atoms with Crippen molar-refractivity contribution >= 4 is 30.4 Å². The van der Waals surface area contributed by atoms with Gasteiger partial charge in [0.15, 0.2) is 6.23 Å². The van der Waals surface area contributed by atoms with Gasteiger partial charge in [0.25, 0.3) is 0 Å². The third-order valence-corrected chi connectivity index (χ3v) is 5.81. The number of phosphoric acid groups is 1. The number of aliphatic hydroxyl groups excluding tert-OH is 2. The quantitative estimate of drug-likeness (QED) is 0.279. The molecule has 0 amide bonds. The van der Waals surface area contributed by atoms with E-state index in [0.29, 0.717) is 28.1 Å². The molecule has 1 aromatic carbocycles. The van der Waals surface area contributed by atoms with Gasteiger partial charge < -0.3 is 34.6 Å². The number of hydrogen-bond donors (Lipinski definition) is 5. The van der Waals surface area contributed by atoms with Gasteiger partial charge in [0.1, 0.15) is 36.1 Å². The molecule has 5 rings (SSSR count). The van der Waals surface area contributed by atoms with Gasteiger partial charge in [-0.05, 0) is 12.1 Å². The topological polar surface area (TPSA) is 183 Å². The molecule has 31 heavy (non-hydrogen) atoms. The molecule has 3 aromatic rings. The first-order valence-electron chi connectivity index (χ1n) is 9.15. The van der Waals surface area contributed by atoms with Crippen molar-refractivity contribution in [3.63, 3.8) is 0 Å². The Balaban J connectivity index is 1.57. The molecule has 5 N–H and O–H groups in total. The molecule has 2 aromatic heterocycles. The highest BCUT2D eigenvalue weighted by molar-refractivity contribution is 7.46. The molecule has 0 unspecified atom stereocenters. The molecule has 2 aliphatic rings. The zero-order valence-electron chi connectivity index (χ0n) is 15.7. The Labute approximate surface area is 174 Å². The molecule has 0 bridgehead atoms. The Morgan fingerprint density at radius 2 is 2.06 bits per heavy atom. The monoisotopic (exact) mass is 445 g/mol. The zero-order valence-corrected chi connectivity index (χ0v) is 16.5. The predicted molar refractivity (Wildman–Crippen MR) is 105 cm³/mol. The van der Waals surface area contributed by atoms with E-state index in [4.69, 9.17) is 14.5 Å². The summed E-state index contributed by atoms with van der Waals surface area (Å²) in [6, 6.07) is 7.25. The Morgan fingerprint density at radius 3 is 2.81 bits per heavy atom. The van der Waals surface area contributed by atoms with Crippen LogP contribution in [0.3, 0.4) is 0 Å². The van der Waals surface area contributed by atoms with Crippen LogP contribution in [0.1, 0.15) is 11.8 Å². The van der Waals surface area contributed by atoms with Crippen LogP contribution < -0.4 is 5.32 Å².